The molecule has 0 saturated heterocycles. The third kappa shape index (κ3) is 4.54. The van der Waals surface area contributed by atoms with Crippen molar-refractivity contribution in [2.45, 2.75) is 33.1 Å². The van der Waals surface area contributed by atoms with E-state index >= 15 is 0 Å². The van der Waals surface area contributed by atoms with Crippen molar-refractivity contribution in [3.8, 4) is 0 Å². The third-order valence-electron chi connectivity index (χ3n) is 4.48. The number of thiocarbonyl (C=S) groups is 1. The van der Waals surface area contributed by atoms with Crippen molar-refractivity contribution in [2.24, 2.45) is 5.92 Å². The standard InChI is InChI=1S/C20H22N2O3S2/c1-3-25-19(24)16-14-11-12(2)9-10-15(14)27-18(16)22-20(26)21-17(23)13-7-5-4-6-8-13/h4-8,12H,3,9-11H2,1-2H3,(H2,21,22,23,26)/t12-/m0/s1. The van der Waals surface area contributed by atoms with E-state index < -0.39 is 0 Å². The lowest BCUT2D eigenvalue weighted by Crippen LogP contribution is -2.34. The van der Waals surface area contributed by atoms with Crippen LogP contribution in [0.3, 0.4) is 0 Å². The summed E-state index contributed by atoms with van der Waals surface area (Å²) >= 11 is 6.82. The summed E-state index contributed by atoms with van der Waals surface area (Å²) in [5.74, 6) is -0.109. The van der Waals surface area contributed by atoms with Crippen LogP contribution < -0.4 is 10.6 Å². The smallest absolute Gasteiger partial charge is 0.341 e. The van der Waals surface area contributed by atoms with E-state index in [9.17, 15) is 9.59 Å². The summed E-state index contributed by atoms with van der Waals surface area (Å²) in [6.07, 6.45) is 2.90. The van der Waals surface area contributed by atoms with Crippen molar-refractivity contribution in [3.63, 3.8) is 0 Å². The summed E-state index contributed by atoms with van der Waals surface area (Å²) in [5.41, 5.74) is 2.13. The minimum absolute atomic E-state index is 0.168. The molecule has 0 aliphatic heterocycles. The lowest BCUT2D eigenvalue weighted by Gasteiger charge is -2.18. The number of benzene rings is 1. The van der Waals surface area contributed by atoms with Gasteiger partial charge in [-0.15, -0.1) is 11.3 Å². The van der Waals surface area contributed by atoms with Gasteiger partial charge in [0.1, 0.15) is 5.00 Å². The number of ether oxygens (including phenoxy) is 1. The first kappa shape index (κ1) is 19.5. The number of amides is 1. The molecule has 2 N–H and O–H groups in total. The molecular formula is C20H22N2O3S2. The Morgan fingerprint density at radius 3 is 2.74 bits per heavy atom. The highest BCUT2D eigenvalue weighted by Crippen LogP contribution is 2.40. The van der Waals surface area contributed by atoms with Crippen LogP contribution in [0.1, 0.15) is 51.4 Å². The van der Waals surface area contributed by atoms with Gasteiger partial charge in [0, 0.05) is 10.4 Å². The molecule has 1 aromatic carbocycles. The van der Waals surface area contributed by atoms with Gasteiger partial charge in [-0.05, 0) is 62.0 Å². The molecule has 1 aliphatic carbocycles. The zero-order chi connectivity index (χ0) is 19.4. The Labute approximate surface area is 168 Å². The molecule has 0 unspecified atom stereocenters. The molecule has 2 aromatic rings. The van der Waals surface area contributed by atoms with E-state index in [0.29, 0.717) is 28.7 Å². The van der Waals surface area contributed by atoms with E-state index in [-0.39, 0.29) is 17.0 Å². The highest BCUT2D eigenvalue weighted by Gasteiger charge is 2.29. The van der Waals surface area contributed by atoms with Gasteiger partial charge in [0.05, 0.1) is 12.2 Å². The van der Waals surface area contributed by atoms with Gasteiger partial charge in [-0.1, -0.05) is 25.1 Å². The van der Waals surface area contributed by atoms with Crippen molar-refractivity contribution in [2.75, 3.05) is 11.9 Å². The number of esters is 1. The van der Waals surface area contributed by atoms with Crippen LogP contribution in [0.4, 0.5) is 5.00 Å². The molecule has 1 atom stereocenters. The van der Waals surface area contributed by atoms with Gasteiger partial charge in [0.25, 0.3) is 5.91 Å². The lowest BCUT2D eigenvalue weighted by atomic mass is 9.88. The Bertz CT molecular complexity index is 862. The summed E-state index contributed by atoms with van der Waals surface area (Å²) < 4.78 is 5.26. The predicted molar refractivity (Wildman–Crippen MR) is 112 cm³/mol. The predicted octanol–water partition coefficient (Wildman–Crippen LogP) is 4.18. The zero-order valence-electron chi connectivity index (χ0n) is 15.3. The summed E-state index contributed by atoms with van der Waals surface area (Å²) in [7, 11) is 0. The molecule has 142 valence electrons. The maximum Gasteiger partial charge on any atom is 0.341 e. The van der Waals surface area contributed by atoms with E-state index in [0.717, 1.165) is 24.8 Å². The number of aryl methyl sites for hydroxylation is 1. The number of nitrogens with one attached hydrogen (secondary N) is 2. The molecule has 1 aliphatic rings. The minimum Gasteiger partial charge on any atom is -0.462 e. The quantitative estimate of drug-likeness (QED) is 0.593. The van der Waals surface area contributed by atoms with Gasteiger partial charge in [0.15, 0.2) is 5.11 Å². The van der Waals surface area contributed by atoms with Crippen LogP contribution in [0.25, 0.3) is 0 Å². The number of carbonyl (C=O) groups is 2. The first-order valence-electron chi connectivity index (χ1n) is 8.98. The SMILES string of the molecule is CCOC(=O)c1c(NC(=S)NC(=O)c2ccccc2)sc2c1C[C@@H](C)CC2. The molecule has 1 aromatic heterocycles. The molecule has 0 spiro atoms. The van der Waals surface area contributed by atoms with Crippen LogP contribution in [0.15, 0.2) is 30.3 Å². The molecule has 0 radical (unpaired) electrons. The van der Waals surface area contributed by atoms with E-state index in [1.165, 1.54) is 16.2 Å². The van der Waals surface area contributed by atoms with Crippen molar-refractivity contribution < 1.29 is 14.3 Å². The van der Waals surface area contributed by atoms with Crippen LogP contribution in [-0.4, -0.2) is 23.6 Å². The molecule has 1 heterocycles. The Kier molecular flexibility index (Phi) is 6.23. The van der Waals surface area contributed by atoms with Gasteiger partial charge in [-0.25, -0.2) is 4.79 Å². The van der Waals surface area contributed by atoms with Gasteiger partial charge in [-0.2, -0.15) is 0 Å². The van der Waals surface area contributed by atoms with Gasteiger partial charge < -0.3 is 10.1 Å². The molecular weight excluding hydrogens is 380 g/mol. The highest BCUT2D eigenvalue weighted by atomic mass is 32.1. The average molecular weight is 403 g/mol. The van der Waals surface area contributed by atoms with Gasteiger partial charge in [-0.3, -0.25) is 10.1 Å². The summed E-state index contributed by atoms with van der Waals surface area (Å²) in [6.45, 7) is 4.29. The molecule has 0 bridgehead atoms. The number of hydrogen-bond acceptors (Lipinski definition) is 5. The number of thiophene rings is 1. The fraction of sp³-hybridized carbons (Fsp3) is 0.350. The Morgan fingerprint density at radius 2 is 2.04 bits per heavy atom. The number of rotatable bonds is 4. The fourth-order valence-corrected chi connectivity index (χ4v) is 4.66. The monoisotopic (exact) mass is 402 g/mol. The van der Waals surface area contributed by atoms with Gasteiger partial charge in [0.2, 0.25) is 0 Å². The molecule has 3 rings (SSSR count). The fourth-order valence-electron chi connectivity index (χ4n) is 3.16. The maximum atomic E-state index is 12.5. The van der Waals surface area contributed by atoms with Crippen LogP contribution in [0.2, 0.25) is 0 Å². The summed E-state index contributed by atoms with van der Waals surface area (Å²) in [4.78, 5) is 26.0. The van der Waals surface area contributed by atoms with E-state index in [4.69, 9.17) is 17.0 Å². The molecule has 0 fully saturated rings. The topological polar surface area (TPSA) is 67.4 Å². The molecule has 7 heteroatoms. The van der Waals surface area contributed by atoms with Crippen molar-refractivity contribution in [1.82, 2.24) is 5.32 Å². The Hall–Kier alpha value is -2.25. The van der Waals surface area contributed by atoms with Crippen LogP contribution in [0, 0.1) is 5.92 Å². The Morgan fingerprint density at radius 1 is 1.30 bits per heavy atom. The van der Waals surface area contributed by atoms with Crippen LogP contribution in [0.5, 0.6) is 0 Å². The molecule has 5 nitrogen and oxygen atoms in total. The number of carbonyl (C=O) groups excluding carboxylic acids is 2. The minimum atomic E-state index is -0.344. The number of hydrogen-bond donors (Lipinski definition) is 2. The summed E-state index contributed by atoms with van der Waals surface area (Å²) in [6, 6.07) is 8.86. The normalized spacial score (nSPS) is 15.6. The largest absolute Gasteiger partial charge is 0.462 e. The van der Waals surface area contributed by atoms with Crippen LogP contribution in [-0.2, 0) is 17.6 Å². The summed E-state index contributed by atoms with van der Waals surface area (Å²) in [5, 5.41) is 6.52. The molecule has 1 amide bonds. The van der Waals surface area contributed by atoms with Crippen molar-refractivity contribution in [1.29, 1.82) is 0 Å². The van der Waals surface area contributed by atoms with Gasteiger partial charge >= 0.3 is 5.97 Å². The van der Waals surface area contributed by atoms with E-state index in [1.54, 1.807) is 31.2 Å². The lowest BCUT2D eigenvalue weighted by molar-refractivity contribution is 0.0526. The third-order valence-corrected chi connectivity index (χ3v) is 5.89. The maximum absolute atomic E-state index is 12.5. The second-order valence-electron chi connectivity index (χ2n) is 6.55. The first-order chi connectivity index (χ1) is 13.0. The number of fused-ring (bicyclic) bond motifs is 1. The van der Waals surface area contributed by atoms with E-state index in [1.807, 2.05) is 6.07 Å². The van der Waals surface area contributed by atoms with Crippen LogP contribution >= 0.6 is 23.6 Å². The first-order valence-corrected chi connectivity index (χ1v) is 10.2. The highest BCUT2D eigenvalue weighted by molar-refractivity contribution is 7.80. The second kappa shape index (κ2) is 8.63. The van der Waals surface area contributed by atoms with Crippen molar-refractivity contribution >= 4 is 45.5 Å². The number of anilines is 1. The van der Waals surface area contributed by atoms with Crippen molar-refractivity contribution in [3.05, 3.63) is 51.9 Å². The zero-order valence-corrected chi connectivity index (χ0v) is 17.0. The van der Waals surface area contributed by atoms with E-state index in [2.05, 4.69) is 17.6 Å². The Balaban J connectivity index is 1.80. The average Bonchev–Trinajstić information content (AvgIpc) is 2.99. The molecule has 0 saturated carbocycles. The second-order valence-corrected chi connectivity index (χ2v) is 8.06. The molecule has 27 heavy (non-hydrogen) atoms.